The summed E-state index contributed by atoms with van der Waals surface area (Å²) < 4.78 is 7.03. The zero-order chi connectivity index (χ0) is 36.3. The topological polar surface area (TPSA) is 27.7 Å². The molecule has 0 spiro atoms. The van der Waals surface area contributed by atoms with E-state index in [0.717, 1.165) is 59.6 Å². The van der Waals surface area contributed by atoms with Crippen molar-refractivity contribution in [3.63, 3.8) is 0 Å². The highest BCUT2D eigenvalue weighted by Crippen LogP contribution is 2.51. The van der Waals surface area contributed by atoms with Crippen molar-refractivity contribution in [1.29, 1.82) is 0 Å². The maximum Gasteiger partial charge on any atom is 0.193 e. The quantitative estimate of drug-likeness (QED) is 0.174. The summed E-state index contributed by atoms with van der Waals surface area (Å²) in [7, 11) is 0. The number of para-hydroxylation sites is 2. The molecule has 3 aliphatic carbocycles. The Morgan fingerprint density at radius 2 is 1.44 bits per heavy atom. The minimum absolute atomic E-state index is 0.195. The van der Waals surface area contributed by atoms with E-state index in [0.29, 0.717) is 5.92 Å². The van der Waals surface area contributed by atoms with Crippen molar-refractivity contribution >= 4 is 55.7 Å². The summed E-state index contributed by atoms with van der Waals surface area (Å²) in [6.07, 6.45) is 24.4. The van der Waals surface area contributed by atoms with Gasteiger partial charge in [-0.15, -0.1) is 0 Å². The summed E-state index contributed by atoms with van der Waals surface area (Å²) in [5.74, 6) is 1.24. The molecule has 6 aromatic carbocycles. The highest BCUT2D eigenvalue weighted by atomic mass is 16.5. The lowest BCUT2D eigenvalue weighted by Gasteiger charge is -2.30. The fraction of sp³-hybridized carbons (Fsp3) is 0.137. The van der Waals surface area contributed by atoms with Gasteiger partial charge in [0.1, 0.15) is 0 Å². The maximum atomic E-state index is 7.03. The van der Waals surface area contributed by atoms with Crippen LogP contribution in [0.15, 0.2) is 193 Å². The van der Waals surface area contributed by atoms with Crippen LogP contribution in [-0.4, -0.2) is 12.3 Å². The van der Waals surface area contributed by atoms with Gasteiger partial charge in [0, 0.05) is 39.7 Å². The molecule has 0 radical (unpaired) electrons. The van der Waals surface area contributed by atoms with Crippen molar-refractivity contribution in [2.24, 2.45) is 0 Å². The summed E-state index contributed by atoms with van der Waals surface area (Å²) >= 11 is 0. The highest BCUT2D eigenvalue weighted by Gasteiger charge is 2.38. The Balaban J connectivity index is 1.04. The number of ether oxygens (including phenoxy) is 1. The van der Waals surface area contributed by atoms with E-state index in [1.165, 1.54) is 49.8 Å². The van der Waals surface area contributed by atoms with Gasteiger partial charge in [-0.1, -0.05) is 121 Å². The predicted molar refractivity (Wildman–Crippen MR) is 229 cm³/mol. The summed E-state index contributed by atoms with van der Waals surface area (Å²) in [5.41, 5.74) is 12.3. The van der Waals surface area contributed by atoms with Crippen LogP contribution in [0.4, 0.5) is 34.1 Å². The lowest BCUT2D eigenvalue weighted by Crippen LogP contribution is -2.28. The van der Waals surface area contributed by atoms with Gasteiger partial charge in [0.05, 0.1) is 11.7 Å². The van der Waals surface area contributed by atoms with E-state index in [9.17, 15) is 0 Å². The Labute approximate surface area is 322 Å². The van der Waals surface area contributed by atoms with Gasteiger partial charge in [-0.2, -0.15) is 0 Å². The molecule has 1 N–H and O–H groups in total. The molecule has 3 unspecified atom stereocenters. The molecule has 55 heavy (non-hydrogen) atoms. The third kappa shape index (κ3) is 5.35. The second kappa shape index (κ2) is 13.1. The van der Waals surface area contributed by atoms with E-state index in [2.05, 4.69) is 191 Å². The van der Waals surface area contributed by atoms with Crippen molar-refractivity contribution < 1.29 is 4.74 Å². The van der Waals surface area contributed by atoms with Crippen LogP contribution >= 0.6 is 0 Å². The van der Waals surface area contributed by atoms with Crippen molar-refractivity contribution in [3.8, 4) is 5.75 Å². The molecule has 0 amide bonds. The summed E-state index contributed by atoms with van der Waals surface area (Å²) in [4.78, 5) is 4.91. The lowest BCUT2D eigenvalue weighted by atomic mass is 9.87. The molecule has 5 aliphatic rings. The first-order chi connectivity index (χ1) is 27.3. The lowest BCUT2D eigenvalue weighted by molar-refractivity contribution is 0.286. The monoisotopic (exact) mass is 711 g/mol. The van der Waals surface area contributed by atoms with Crippen LogP contribution in [0.2, 0.25) is 0 Å². The second-order valence-electron chi connectivity index (χ2n) is 15.1. The average Bonchev–Trinajstić information content (AvgIpc) is 3.84. The Kier molecular flexibility index (Phi) is 7.61. The number of nitrogens with zero attached hydrogens (tertiary/aromatic N) is 2. The number of nitrogens with one attached hydrogen (secondary N) is 1. The maximum absolute atomic E-state index is 7.03. The molecule has 3 atom stereocenters. The first kappa shape index (κ1) is 32.0. The number of rotatable bonds is 6. The van der Waals surface area contributed by atoms with Crippen molar-refractivity contribution in [2.75, 3.05) is 15.1 Å². The third-order valence-corrected chi connectivity index (χ3v) is 11.9. The largest absolute Gasteiger partial charge is 0.464 e. The molecule has 266 valence electrons. The molecular weight excluding hydrogens is 671 g/mol. The van der Waals surface area contributed by atoms with Crippen LogP contribution in [0, 0.1) is 0 Å². The number of benzene rings is 6. The molecule has 0 fully saturated rings. The van der Waals surface area contributed by atoms with Gasteiger partial charge in [-0.25, -0.2) is 0 Å². The summed E-state index contributed by atoms with van der Waals surface area (Å²) in [6.45, 7) is 0. The normalized spacial score (nSPS) is 20.6. The molecule has 0 aromatic heterocycles. The van der Waals surface area contributed by atoms with Crippen LogP contribution in [0.25, 0.3) is 21.5 Å². The van der Waals surface area contributed by atoms with Crippen LogP contribution < -0.4 is 19.9 Å². The standard InChI is InChI=1S/C51H41N3O/c1-4-14-34(15-5-1)41-20-10-11-22-44(41)51-52-46-31-27-36-25-24-35-26-28-39(32-45(35)49(36)50(46)55-51)53(37-16-6-2-7-17-37)40-29-30-43-42-21-12-13-23-47(42)54(48(43)33-40)38-18-8-3-9-19-38/h1-4,6-10,12-14,16-21,23-33,42,47,51-52H,5,11,15,22H2. The number of hydrogen-bond donors (Lipinski definition) is 1. The number of fused-ring (bicyclic) bond motifs is 8. The number of anilines is 6. The first-order valence-electron chi connectivity index (χ1n) is 19.7. The van der Waals surface area contributed by atoms with Crippen LogP contribution in [-0.2, 0) is 0 Å². The van der Waals surface area contributed by atoms with Crippen LogP contribution in [0.5, 0.6) is 5.75 Å². The fourth-order valence-corrected chi connectivity index (χ4v) is 9.39. The molecule has 4 heteroatoms. The van der Waals surface area contributed by atoms with Crippen molar-refractivity contribution in [3.05, 3.63) is 198 Å². The summed E-state index contributed by atoms with van der Waals surface area (Å²) in [5, 5.41) is 8.50. The van der Waals surface area contributed by atoms with E-state index < -0.39 is 0 Å². The molecule has 2 aliphatic heterocycles. The zero-order valence-corrected chi connectivity index (χ0v) is 30.6. The van der Waals surface area contributed by atoms with Crippen molar-refractivity contribution in [2.45, 2.75) is 43.9 Å². The molecule has 4 nitrogen and oxygen atoms in total. The molecule has 0 saturated carbocycles. The van der Waals surface area contributed by atoms with Crippen LogP contribution in [0.3, 0.4) is 0 Å². The highest BCUT2D eigenvalue weighted by molar-refractivity contribution is 6.14. The van der Waals surface area contributed by atoms with E-state index in [4.69, 9.17) is 4.74 Å². The molecule has 2 heterocycles. The van der Waals surface area contributed by atoms with Gasteiger partial charge in [0.25, 0.3) is 0 Å². The minimum Gasteiger partial charge on any atom is -0.464 e. The van der Waals surface area contributed by atoms with Crippen LogP contribution in [0.1, 0.15) is 37.2 Å². The van der Waals surface area contributed by atoms with E-state index in [1.54, 1.807) is 0 Å². The molecule has 0 saturated heterocycles. The Morgan fingerprint density at radius 3 is 2.31 bits per heavy atom. The number of allylic oxidation sites excluding steroid dienone is 9. The smallest absolute Gasteiger partial charge is 0.193 e. The first-order valence-corrected chi connectivity index (χ1v) is 19.7. The average molecular weight is 712 g/mol. The van der Waals surface area contributed by atoms with E-state index in [-0.39, 0.29) is 12.3 Å². The van der Waals surface area contributed by atoms with Gasteiger partial charge in [-0.05, 0) is 119 Å². The van der Waals surface area contributed by atoms with Gasteiger partial charge in [-0.3, -0.25) is 0 Å². The van der Waals surface area contributed by atoms with Gasteiger partial charge in [0.15, 0.2) is 12.0 Å². The molecular formula is C51H41N3O. The molecule has 0 bridgehead atoms. The minimum atomic E-state index is -0.195. The SMILES string of the molecule is C1=CCCC(C2=C(C3Nc4ccc5ccc6ccc(N(c7ccccc7)c7ccc8c(c7)N(c7ccccc7)C7C=CC=CC87)cc6c5c4O3)CCC=C2)=C1. The van der Waals surface area contributed by atoms with Gasteiger partial charge in [0.2, 0.25) is 0 Å². The zero-order valence-electron chi connectivity index (χ0n) is 30.6. The predicted octanol–water partition coefficient (Wildman–Crippen LogP) is 13.2. The second-order valence-corrected chi connectivity index (χ2v) is 15.1. The Hall–Kier alpha value is -6.52. The van der Waals surface area contributed by atoms with E-state index >= 15 is 0 Å². The molecule has 11 rings (SSSR count). The Bertz CT molecular complexity index is 2680. The van der Waals surface area contributed by atoms with Gasteiger partial charge >= 0.3 is 0 Å². The number of hydrogen-bond acceptors (Lipinski definition) is 4. The molecule has 6 aromatic rings. The van der Waals surface area contributed by atoms with Crippen molar-refractivity contribution in [1.82, 2.24) is 0 Å². The third-order valence-electron chi connectivity index (χ3n) is 11.9. The Morgan fingerprint density at radius 1 is 0.673 bits per heavy atom. The van der Waals surface area contributed by atoms with E-state index in [1.807, 2.05) is 0 Å². The van der Waals surface area contributed by atoms with Gasteiger partial charge < -0.3 is 19.9 Å². The fourth-order valence-electron chi connectivity index (χ4n) is 9.39. The summed E-state index contributed by atoms with van der Waals surface area (Å²) in [6, 6.07) is 44.6.